The highest BCUT2D eigenvalue weighted by atomic mass is 35.5. The van der Waals surface area contributed by atoms with Gasteiger partial charge in [-0.15, -0.1) is 0 Å². The molecule has 1 heterocycles. The molecule has 8 heteroatoms. The predicted molar refractivity (Wildman–Crippen MR) is 82.6 cm³/mol. The van der Waals surface area contributed by atoms with Gasteiger partial charge in [0.2, 0.25) is 16.0 Å². The first kappa shape index (κ1) is 17.0. The van der Waals surface area contributed by atoms with E-state index in [1.165, 1.54) is 10.5 Å². The third kappa shape index (κ3) is 5.50. The molecule has 0 aliphatic carbocycles. The zero-order valence-corrected chi connectivity index (χ0v) is 14.0. The molecule has 0 radical (unpaired) electrons. The number of nitrogens with one attached hydrogen (secondary N) is 1. The van der Waals surface area contributed by atoms with Crippen LogP contribution in [0.25, 0.3) is 0 Å². The van der Waals surface area contributed by atoms with Crippen LogP contribution >= 0.6 is 11.6 Å². The van der Waals surface area contributed by atoms with Gasteiger partial charge in [-0.25, -0.2) is 13.4 Å². The molecule has 0 bridgehead atoms. The Labute approximate surface area is 125 Å². The van der Waals surface area contributed by atoms with E-state index in [2.05, 4.69) is 15.3 Å². The van der Waals surface area contributed by atoms with E-state index in [0.717, 1.165) is 6.26 Å². The molecule has 1 unspecified atom stereocenters. The molecule has 1 rings (SSSR count). The lowest BCUT2D eigenvalue weighted by molar-refractivity contribution is 0.425. The Hall–Kier alpha value is -1.08. The smallest absolute Gasteiger partial charge is 0.233 e. The van der Waals surface area contributed by atoms with Crippen LogP contribution in [0.2, 0.25) is 0 Å². The quantitative estimate of drug-likeness (QED) is 0.665. The number of hydrogen-bond acceptors (Lipinski definition) is 5. The monoisotopic (exact) mass is 320 g/mol. The summed E-state index contributed by atoms with van der Waals surface area (Å²) in [4.78, 5) is 8.22. The molecule has 20 heavy (non-hydrogen) atoms. The van der Waals surface area contributed by atoms with Gasteiger partial charge in [0.05, 0.1) is 6.26 Å². The number of aromatic nitrogens is 2. The van der Waals surface area contributed by atoms with Crippen LogP contribution in [0.5, 0.6) is 0 Å². The molecule has 114 valence electrons. The van der Waals surface area contributed by atoms with Crippen molar-refractivity contribution in [2.24, 2.45) is 5.41 Å². The van der Waals surface area contributed by atoms with Crippen LogP contribution in [0.15, 0.2) is 12.3 Å². The molecule has 0 aromatic carbocycles. The zero-order valence-electron chi connectivity index (χ0n) is 12.4. The molecule has 1 aromatic rings. The number of rotatable bonds is 5. The molecule has 1 atom stereocenters. The van der Waals surface area contributed by atoms with E-state index in [1.54, 1.807) is 13.0 Å². The maximum atomic E-state index is 12.0. The minimum absolute atomic E-state index is 0.193. The van der Waals surface area contributed by atoms with Crippen LogP contribution in [-0.2, 0) is 10.0 Å². The average Bonchev–Trinajstić information content (AvgIpc) is 2.22. The van der Waals surface area contributed by atoms with Gasteiger partial charge in [-0.1, -0.05) is 32.4 Å². The minimum Gasteiger partial charge on any atom is -0.338 e. The predicted octanol–water partition coefficient (Wildman–Crippen LogP) is 2.29. The second-order valence-corrected chi connectivity index (χ2v) is 8.39. The van der Waals surface area contributed by atoms with E-state index in [1.807, 2.05) is 20.8 Å². The topological polar surface area (TPSA) is 75.2 Å². The summed E-state index contributed by atoms with van der Waals surface area (Å²) in [7, 11) is -3.41. The minimum atomic E-state index is -3.41. The van der Waals surface area contributed by atoms with E-state index >= 15 is 0 Å². The third-order valence-corrected chi connectivity index (χ3v) is 3.47. The lowest BCUT2D eigenvalue weighted by Crippen LogP contribution is -2.37. The maximum absolute atomic E-state index is 12.0. The Bertz CT molecular complexity index is 555. The molecule has 1 N–H and O–H groups in total. The van der Waals surface area contributed by atoms with E-state index in [4.69, 9.17) is 11.6 Å². The summed E-state index contributed by atoms with van der Waals surface area (Å²) in [5, 5.41) is 2.84. The van der Waals surface area contributed by atoms with E-state index in [0.29, 0.717) is 18.3 Å². The maximum Gasteiger partial charge on any atom is 0.233 e. The van der Waals surface area contributed by atoms with Crippen molar-refractivity contribution in [3.63, 3.8) is 0 Å². The van der Waals surface area contributed by atoms with Crippen LogP contribution in [-0.4, -0.2) is 36.7 Å². The van der Waals surface area contributed by atoms with Gasteiger partial charge >= 0.3 is 0 Å². The molecule has 0 saturated carbocycles. The van der Waals surface area contributed by atoms with Crippen molar-refractivity contribution in [1.29, 1.82) is 0 Å². The fourth-order valence-corrected chi connectivity index (χ4v) is 2.70. The van der Waals surface area contributed by atoms with Crippen molar-refractivity contribution in [3.05, 3.63) is 12.3 Å². The number of alkyl halides is 1. The second kappa shape index (κ2) is 6.13. The fourth-order valence-electron chi connectivity index (χ4n) is 1.53. The molecular weight excluding hydrogens is 300 g/mol. The molecule has 0 fully saturated rings. The standard InChI is InChI=1S/C12H21ClN4O2S/c1-9(13)15-11-14-7-6-10(16-11)17(20(5,18)19)8-12(2,3)4/h6-7,9H,8H2,1-5H3,(H,14,15,16). The largest absolute Gasteiger partial charge is 0.338 e. The van der Waals surface area contributed by atoms with Crippen molar-refractivity contribution >= 4 is 33.4 Å². The molecule has 0 aliphatic rings. The Morgan fingerprint density at radius 1 is 1.45 bits per heavy atom. The highest BCUT2D eigenvalue weighted by Crippen LogP contribution is 2.23. The Kier molecular flexibility index (Phi) is 5.21. The van der Waals surface area contributed by atoms with Crippen LogP contribution < -0.4 is 9.62 Å². The van der Waals surface area contributed by atoms with E-state index in [-0.39, 0.29) is 10.9 Å². The first-order valence-electron chi connectivity index (χ1n) is 6.20. The molecule has 0 amide bonds. The van der Waals surface area contributed by atoms with Crippen molar-refractivity contribution in [3.8, 4) is 0 Å². The van der Waals surface area contributed by atoms with Crippen molar-refractivity contribution in [1.82, 2.24) is 9.97 Å². The first-order valence-corrected chi connectivity index (χ1v) is 8.49. The molecule has 1 aromatic heterocycles. The van der Waals surface area contributed by atoms with E-state index < -0.39 is 10.0 Å². The van der Waals surface area contributed by atoms with E-state index in [9.17, 15) is 8.42 Å². The molecule has 0 saturated heterocycles. The normalized spacial score (nSPS) is 13.9. The number of sulfonamides is 1. The number of nitrogens with zero attached hydrogens (tertiary/aromatic N) is 3. The fraction of sp³-hybridized carbons (Fsp3) is 0.667. The molecular formula is C12H21ClN4O2S. The molecule has 6 nitrogen and oxygen atoms in total. The van der Waals surface area contributed by atoms with Crippen LogP contribution in [0.1, 0.15) is 27.7 Å². The highest BCUT2D eigenvalue weighted by Gasteiger charge is 2.25. The SMILES string of the molecule is CC(Cl)Nc1nccc(N(CC(C)(C)C)S(C)(=O)=O)n1. The van der Waals surface area contributed by atoms with Gasteiger partial charge in [0.25, 0.3) is 0 Å². The lowest BCUT2D eigenvalue weighted by Gasteiger charge is -2.29. The first-order chi connectivity index (χ1) is 8.99. The van der Waals surface area contributed by atoms with Crippen molar-refractivity contribution < 1.29 is 8.42 Å². The Morgan fingerprint density at radius 2 is 2.05 bits per heavy atom. The molecule has 0 aliphatic heterocycles. The Morgan fingerprint density at radius 3 is 2.50 bits per heavy atom. The van der Waals surface area contributed by atoms with Crippen LogP contribution in [0, 0.1) is 5.41 Å². The summed E-state index contributed by atoms with van der Waals surface area (Å²) >= 11 is 5.82. The summed E-state index contributed by atoms with van der Waals surface area (Å²) in [6, 6.07) is 1.57. The summed E-state index contributed by atoms with van der Waals surface area (Å²) in [5.74, 6) is 0.629. The third-order valence-electron chi connectivity index (χ3n) is 2.24. The average molecular weight is 321 g/mol. The van der Waals surface area contributed by atoms with Crippen molar-refractivity contribution in [2.45, 2.75) is 33.2 Å². The van der Waals surface area contributed by atoms with Gasteiger partial charge in [0, 0.05) is 18.8 Å². The number of halogens is 1. The van der Waals surface area contributed by atoms with Gasteiger partial charge in [-0.2, -0.15) is 4.98 Å². The zero-order chi connectivity index (χ0) is 15.6. The number of hydrogen-bond donors (Lipinski definition) is 1. The van der Waals surface area contributed by atoms with Gasteiger partial charge in [0.15, 0.2) is 0 Å². The Balaban J connectivity index is 3.15. The van der Waals surface area contributed by atoms with Crippen LogP contribution in [0.4, 0.5) is 11.8 Å². The summed E-state index contributed by atoms with van der Waals surface area (Å²) in [6.45, 7) is 7.96. The highest BCUT2D eigenvalue weighted by molar-refractivity contribution is 7.92. The van der Waals surface area contributed by atoms with Crippen LogP contribution in [0.3, 0.4) is 0 Å². The van der Waals surface area contributed by atoms with Gasteiger partial charge in [-0.05, 0) is 12.3 Å². The number of anilines is 2. The summed E-state index contributed by atoms with van der Waals surface area (Å²) in [5.41, 5.74) is -0.541. The lowest BCUT2D eigenvalue weighted by atomic mass is 9.97. The summed E-state index contributed by atoms with van der Waals surface area (Å²) in [6.07, 6.45) is 2.67. The second-order valence-electron chi connectivity index (χ2n) is 5.83. The molecule has 0 spiro atoms. The van der Waals surface area contributed by atoms with Gasteiger partial charge in [0.1, 0.15) is 11.3 Å². The summed E-state index contributed by atoms with van der Waals surface area (Å²) < 4.78 is 25.2. The van der Waals surface area contributed by atoms with Gasteiger partial charge < -0.3 is 5.32 Å². The van der Waals surface area contributed by atoms with Gasteiger partial charge in [-0.3, -0.25) is 4.31 Å². The van der Waals surface area contributed by atoms with Crippen molar-refractivity contribution in [2.75, 3.05) is 22.4 Å².